The lowest BCUT2D eigenvalue weighted by Gasteiger charge is -2.44. The number of rotatable bonds is 12. The summed E-state index contributed by atoms with van der Waals surface area (Å²) in [5.74, 6) is 2.95. The van der Waals surface area contributed by atoms with E-state index in [9.17, 15) is 19.2 Å². The fraction of sp³-hybridized carbons (Fsp3) is 0.938. The van der Waals surface area contributed by atoms with Crippen LogP contribution in [-0.2, 0) is 38.1 Å². The summed E-state index contributed by atoms with van der Waals surface area (Å²) in [5.41, 5.74) is 0.299. The molecular weight excluding hydrogens is 909 g/mol. The number of ether oxygens (including phenoxy) is 4. The van der Waals surface area contributed by atoms with Crippen molar-refractivity contribution in [1.82, 2.24) is 0 Å². The van der Waals surface area contributed by atoms with Crippen molar-refractivity contribution in [3.63, 3.8) is 0 Å². The second kappa shape index (κ2) is 24.7. The zero-order valence-corrected chi connectivity index (χ0v) is 51.1. The molecule has 0 heterocycles. The summed E-state index contributed by atoms with van der Waals surface area (Å²) in [6, 6.07) is 0. The Hall–Kier alpha value is -2.12. The fourth-order valence-corrected chi connectivity index (χ4v) is 13.4. The maximum Gasteiger partial charge on any atom is 0.311 e. The van der Waals surface area contributed by atoms with E-state index in [1.807, 2.05) is 76.2 Å². The lowest BCUT2D eigenvalue weighted by Crippen LogP contribution is -2.40. The van der Waals surface area contributed by atoms with Gasteiger partial charge in [-0.1, -0.05) is 133 Å². The van der Waals surface area contributed by atoms with Crippen molar-refractivity contribution in [3.8, 4) is 0 Å². The highest BCUT2D eigenvalue weighted by atomic mass is 16.6. The molecule has 430 valence electrons. The largest absolute Gasteiger partial charge is 0.462 e. The molecule has 0 amide bonds. The molecule has 4 bridgehead atoms. The van der Waals surface area contributed by atoms with Crippen molar-refractivity contribution >= 4 is 23.9 Å². The first-order valence-corrected chi connectivity index (χ1v) is 28.9. The van der Waals surface area contributed by atoms with Crippen molar-refractivity contribution in [3.05, 3.63) is 0 Å². The first-order valence-electron chi connectivity index (χ1n) is 28.9. The second-order valence-corrected chi connectivity index (χ2v) is 30.6. The summed E-state index contributed by atoms with van der Waals surface area (Å²) < 4.78 is 23.3. The molecule has 6 rings (SSSR count). The molecule has 0 radical (unpaired) electrons. The van der Waals surface area contributed by atoms with Crippen LogP contribution < -0.4 is 0 Å². The van der Waals surface area contributed by atoms with Crippen molar-refractivity contribution < 1.29 is 38.1 Å². The van der Waals surface area contributed by atoms with Crippen LogP contribution >= 0.6 is 0 Å². The summed E-state index contributed by atoms with van der Waals surface area (Å²) in [7, 11) is 0. The number of fused-ring (bicyclic) bond motifs is 4. The third-order valence-electron chi connectivity index (χ3n) is 20.9. The Balaban J connectivity index is 0.000000482. The Kier molecular flexibility index (Phi) is 23.3. The molecule has 6 saturated carbocycles. The molecule has 9 atom stereocenters. The Bertz CT molecular complexity index is 1770. The predicted molar refractivity (Wildman–Crippen MR) is 306 cm³/mol. The zero-order chi connectivity index (χ0) is 54.9. The van der Waals surface area contributed by atoms with Gasteiger partial charge in [-0.25, -0.2) is 0 Å². The summed E-state index contributed by atoms with van der Waals surface area (Å²) >= 11 is 0. The third-order valence-corrected chi connectivity index (χ3v) is 20.9. The minimum Gasteiger partial charge on any atom is -0.462 e. The predicted octanol–water partition coefficient (Wildman–Crippen LogP) is 18.2. The lowest BCUT2D eigenvalue weighted by molar-refractivity contribution is -0.168. The lowest BCUT2D eigenvalue weighted by atomic mass is 9.64. The van der Waals surface area contributed by atoms with E-state index in [2.05, 4.69) is 96.9 Å². The van der Waals surface area contributed by atoms with Gasteiger partial charge in [-0.15, -0.1) is 0 Å². The van der Waals surface area contributed by atoms with Crippen LogP contribution in [0.3, 0.4) is 0 Å². The number of hydrogen-bond acceptors (Lipinski definition) is 8. The summed E-state index contributed by atoms with van der Waals surface area (Å²) in [6.07, 6.45) is 16.5. The molecule has 6 fully saturated rings. The number of hydrogen-bond donors (Lipinski definition) is 0. The Labute approximate surface area is 452 Å². The molecule has 0 spiro atoms. The van der Waals surface area contributed by atoms with Crippen LogP contribution in [0.1, 0.15) is 284 Å². The van der Waals surface area contributed by atoms with Crippen LogP contribution in [0.5, 0.6) is 0 Å². The number of esters is 4. The van der Waals surface area contributed by atoms with E-state index >= 15 is 0 Å². The molecule has 8 heteroatoms. The van der Waals surface area contributed by atoms with Gasteiger partial charge in [-0.05, 0) is 202 Å². The molecule has 0 saturated heterocycles. The number of carbonyl (C=O) groups is 4. The monoisotopic (exact) mass is 1030 g/mol. The first kappa shape index (κ1) is 68.9. The standard InChI is InChI=1S/2C16H28O2.C16H30O2.C15H28O2.2CH4/c1-7-14(2,3)13(17)18-12-10-11-8-9-16(12,6)15(11,4)5;1-7-15(3,4)14(17)18-13-10(2)11-8-9-12(13)16(11,5)6;1-8-16(6,7)13(17)18-12-9-14(2,3)11-15(4,5)10-12;1-7-15(5,6)13(16)17-12-10-14(3,4)9-8-11(12)2;;/h11-12H,7-10H2,1-6H3;10-13H,7-9H2,1-6H3;12H,8-11H2,1-7H3;11-12H,7-10H2,1-6H3;2*1H4. The van der Waals surface area contributed by atoms with Crippen LogP contribution in [0.4, 0.5) is 0 Å². The van der Waals surface area contributed by atoms with Gasteiger partial charge in [-0.2, -0.15) is 0 Å². The zero-order valence-electron chi connectivity index (χ0n) is 51.1. The molecular formula is C65H122O8. The van der Waals surface area contributed by atoms with Gasteiger partial charge in [0.05, 0.1) is 21.7 Å². The third kappa shape index (κ3) is 16.2. The van der Waals surface area contributed by atoms with Gasteiger partial charge in [0.1, 0.15) is 24.4 Å². The van der Waals surface area contributed by atoms with Crippen LogP contribution in [0.15, 0.2) is 0 Å². The molecule has 0 aromatic heterocycles. The van der Waals surface area contributed by atoms with Crippen LogP contribution in [0.2, 0.25) is 0 Å². The smallest absolute Gasteiger partial charge is 0.311 e. The van der Waals surface area contributed by atoms with E-state index in [1.165, 1.54) is 38.5 Å². The molecule has 6 aliphatic carbocycles. The molecule has 6 aliphatic rings. The second-order valence-electron chi connectivity index (χ2n) is 30.6. The molecule has 0 aromatic rings. The molecule has 0 N–H and O–H groups in total. The van der Waals surface area contributed by atoms with Gasteiger partial charge in [-0.3, -0.25) is 19.2 Å². The van der Waals surface area contributed by atoms with E-state index in [4.69, 9.17) is 18.9 Å². The van der Waals surface area contributed by atoms with Gasteiger partial charge >= 0.3 is 23.9 Å². The molecule has 9 unspecified atom stereocenters. The highest BCUT2D eigenvalue weighted by Gasteiger charge is 2.63. The van der Waals surface area contributed by atoms with Gasteiger partial charge in [0, 0.05) is 11.3 Å². The maximum absolute atomic E-state index is 12.3. The SMILES string of the molecule is C.C.CCC(C)(C)C(=O)OC1C(C)C2CCC1C2(C)C.CCC(C)(C)C(=O)OC1CC(C)(C)CC(C)(C)C1.CCC(C)(C)C(=O)OC1CC(C)(C)CCC1C.CCC(C)(C)C(=O)OC1CC2CCC1(C)C2(C)C. The molecule has 0 aliphatic heterocycles. The summed E-state index contributed by atoms with van der Waals surface area (Å²) in [4.78, 5) is 48.8. The Morgan fingerprint density at radius 1 is 0.493 bits per heavy atom. The van der Waals surface area contributed by atoms with Crippen molar-refractivity contribution in [2.75, 3.05) is 0 Å². The van der Waals surface area contributed by atoms with E-state index < -0.39 is 0 Å². The van der Waals surface area contributed by atoms with Gasteiger partial charge < -0.3 is 18.9 Å². The summed E-state index contributed by atoms with van der Waals surface area (Å²) in [5, 5.41) is 0. The minimum atomic E-state index is -0.355. The van der Waals surface area contributed by atoms with Gasteiger partial charge in [0.25, 0.3) is 0 Å². The van der Waals surface area contributed by atoms with Crippen molar-refractivity contribution in [1.29, 1.82) is 0 Å². The Morgan fingerprint density at radius 2 is 0.904 bits per heavy atom. The van der Waals surface area contributed by atoms with Crippen LogP contribution in [0, 0.1) is 83.7 Å². The van der Waals surface area contributed by atoms with E-state index in [-0.39, 0.29) is 101 Å². The first-order chi connectivity index (χ1) is 32.0. The van der Waals surface area contributed by atoms with E-state index in [0.29, 0.717) is 34.0 Å². The van der Waals surface area contributed by atoms with Crippen LogP contribution in [-0.4, -0.2) is 48.3 Å². The average molecular weight is 1030 g/mol. The highest BCUT2D eigenvalue weighted by molar-refractivity contribution is 5.77. The minimum absolute atomic E-state index is 0. The van der Waals surface area contributed by atoms with Crippen molar-refractivity contribution in [2.45, 2.75) is 309 Å². The van der Waals surface area contributed by atoms with Crippen molar-refractivity contribution in [2.24, 2.45) is 83.7 Å². The van der Waals surface area contributed by atoms with Gasteiger partial charge in [0.2, 0.25) is 0 Å². The summed E-state index contributed by atoms with van der Waals surface area (Å²) in [6.45, 7) is 53.8. The molecule has 8 nitrogen and oxygen atoms in total. The van der Waals surface area contributed by atoms with Crippen LogP contribution in [0.25, 0.3) is 0 Å². The average Bonchev–Trinajstić information content (AvgIpc) is 3.81. The van der Waals surface area contributed by atoms with Gasteiger partial charge in [0.15, 0.2) is 0 Å². The van der Waals surface area contributed by atoms with E-state index in [0.717, 1.165) is 69.6 Å². The molecule has 0 aromatic carbocycles. The normalized spacial score (nSPS) is 31.2. The molecule has 73 heavy (non-hydrogen) atoms. The Morgan fingerprint density at radius 3 is 1.29 bits per heavy atom. The fourth-order valence-electron chi connectivity index (χ4n) is 13.4. The highest BCUT2D eigenvalue weighted by Crippen LogP contribution is 2.66. The van der Waals surface area contributed by atoms with E-state index in [1.54, 1.807) is 0 Å². The number of carbonyl (C=O) groups excluding carboxylic acids is 4. The topological polar surface area (TPSA) is 105 Å². The quantitative estimate of drug-likeness (QED) is 0.141. The maximum atomic E-state index is 12.3.